The molecule has 1 saturated heterocycles. The molecule has 0 radical (unpaired) electrons. The minimum Gasteiger partial charge on any atom is -0.492 e. The van der Waals surface area contributed by atoms with Crippen LogP contribution in [0.5, 0.6) is 5.75 Å². The van der Waals surface area contributed by atoms with Gasteiger partial charge in [0.25, 0.3) is 5.91 Å². The molecule has 2 aromatic heterocycles. The Labute approximate surface area is 242 Å². The molecule has 1 aromatic carbocycles. The summed E-state index contributed by atoms with van der Waals surface area (Å²) in [6, 6.07) is 8.21. The Morgan fingerprint density at radius 1 is 1.15 bits per heavy atom. The second-order valence-corrected chi connectivity index (χ2v) is 11.7. The number of aromatic nitrogens is 3. The van der Waals surface area contributed by atoms with Crippen molar-refractivity contribution in [3.05, 3.63) is 70.3 Å². The molecule has 1 atom stereocenters. The average Bonchev–Trinajstić information content (AvgIpc) is 3.64. The van der Waals surface area contributed by atoms with E-state index in [1.165, 1.54) is 30.4 Å². The number of rotatable bonds is 9. The maximum atomic E-state index is 14.4. The third-order valence-electron chi connectivity index (χ3n) is 9.17. The molecule has 214 valence electrons. The lowest BCUT2D eigenvalue weighted by atomic mass is 9.60. The predicted molar refractivity (Wildman–Crippen MR) is 157 cm³/mol. The summed E-state index contributed by atoms with van der Waals surface area (Å²) in [5, 5.41) is 12.7. The van der Waals surface area contributed by atoms with Crippen molar-refractivity contribution in [1.82, 2.24) is 24.3 Å². The Hall–Kier alpha value is -3.90. The van der Waals surface area contributed by atoms with Gasteiger partial charge in [-0.1, -0.05) is 12.5 Å². The zero-order valence-electron chi connectivity index (χ0n) is 24.3. The van der Waals surface area contributed by atoms with Crippen LogP contribution in [0.2, 0.25) is 0 Å². The largest absolute Gasteiger partial charge is 0.492 e. The summed E-state index contributed by atoms with van der Waals surface area (Å²) in [6.07, 6.45) is 11.1. The van der Waals surface area contributed by atoms with Crippen LogP contribution in [0.1, 0.15) is 90.3 Å². The zero-order chi connectivity index (χ0) is 28.6. The first kappa shape index (κ1) is 27.3. The smallest absolute Gasteiger partial charge is 0.254 e. The summed E-state index contributed by atoms with van der Waals surface area (Å²) < 4.78 is 7.83. The van der Waals surface area contributed by atoms with Crippen LogP contribution in [0.25, 0.3) is 0 Å². The third-order valence-corrected chi connectivity index (χ3v) is 9.17. The third kappa shape index (κ3) is 4.95. The molecule has 2 aliphatic heterocycles. The van der Waals surface area contributed by atoms with Crippen LogP contribution in [-0.2, 0) is 18.5 Å². The van der Waals surface area contributed by atoms with Crippen molar-refractivity contribution in [2.24, 2.45) is 0 Å². The van der Waals surface area contributed by atoms with Gasteiger partial charge in [0.05, 0.1) is 24.9 Å². The van der Waals surface area contributed by atoms with E-state index >= 15 is 0 Å². The fourth-order valence-electron chi connectivity index (χ4n) is 6.98. The summed E-state index contributed by atoms with van der Waals surface area (Å²) in [7, 11) is 1.88. The molecule has 3 aliphatic rings. The number of carbonyl (C=O) groups is 1. The molecule has 1 N–H and O–H groups in total. The number of imidazole rings is 1. The number of nitrogens with zero attached hydrogens (tertiary/aromatic N) is 6. The van der Waals surface area contributed by atoms with Crippen LogP contribution in [-0.4, -0.2) is 63.5 Å². The molecule has 9 nitrogen and oxygen atoms in total. The molecule has 1 spiro atoms. The Morgan fingerprint density at radius 3 is 2.63 bits per heavy atom. The summed E-state index contributed by atoms with van der Waals surface area (Å²) in [4.78, 5) is 28.0. The van der Waals surface area contributed by atoms with E-state index in [0.29, 0.717) is 31.0 Å². The molecule has 1 aliphatic carbocycles. The van der Waals surface area contributed by atoms with Gasteiger partial charge in [-0.3, -0.25) is 14.7 Å². The fraction of sp³-hybridized carbons (Fsp3) is 0.500. The topological polar surface area (TPSA) is 99.3 Å². The van der Waals surface area contributed by atoms with E-state index < -0.39 is 0 Å². The molecule has 1 saturated carbocycles. The number of pyridine rings is 1. The Kier molecular flexibility index (Phi) is 7.43. The van der Waals surface area contributed by atoms with Crippen LogP contribution in [0, 0.1) is 11.3 Å². The number of hydrogen-bond donors (Lipinski definition) is 1. The first-order valence-electron chi connectivity index (χ1n) is 14.9. The fourth-order valence-corrected chi connectivity index (χ4v) is 6.98. The molecule has 4 heterocycles. The highest BCUT2D eigenvalue weighted by molar-refractivity contribution is 5.98. The van der Waals surface area contributed by atoms with Crippen molar-refractivity contribution in [2.45, 2.75) is 70.5 Å². The van der Waals surface area contributed by atoms with E-state index in [1.807, 2.05) is 38.1 Å². The number of benzene rings is 1. The number of nitriles is 1. The van der Waals surface area contributed by atoms with Crippen LogP contribution in [0.15, 0.2) is 36.8 Å². The normalized spacial score (nSPS) is 18.6. The van der Waals surface area contributed by atoms with Gasteiger partial charge in [-0.2, -0.15) is 5.26 Å². The number of carbonyl (C=O) groups excluding carboxylic acids is 1. The standard InChI is InChI=1S/C32H39N7O2/c1-4-41-28-16-27(36-18-25(28)17-33)22(2)39-21-32(8-7-9-32)29-24(20-37-11-5-6-12-37)14-23(15-26(29)30(39)40)19-38-13-10-35-31(38)34-3/h10,13-16,18,22H,4-9,11-12,19-21H2,1-3H3,(H,34,35). The highest BCUT2D eigenvalue weighted by Gasteiger charge is 2.49. The van der Waals surface area contributed by atoms with Gasteiger partial charge < -0.3 is 19.5 Å². The van der Waals surface area contributed by atoms with Crippen molar-refractivity contribution in [3.8, 4) is 11.8 Å². The number of fused-ring (bicyclic) bond motifs is 2. The molecular weight excluding hydrogens is 514 g/mol. The van der Waals surface area contributed by atoms with E-state index in [4.69, 9.17) is 4.74 Å². The summed E-state index contributed by atoms with van der Waals surface area (Å²) in [5.74, 6) is 1.38. The van der Waals surface area contributed by atoms with Gasteiger partial charge >= 0.3 is 0 Å². The monoisotopic (exact) mass is 553 g/mol. The molecule has 3 aromatic rings. The minimum atomic E-state index is -0.254. The van der Waals surface area contributed by atoms with E-state index in [0.717, 1.165) is 55.2 Å². The van der Waals surface area contributed by atoms with Gasteiger partial charge in [0.1, 0.15) is 17.4 Å². The Bertz CT molecular complexity index is 1480. The highest BCUT2D eigenvalue weighted by atomic mass is 16.5. The molecule has 0 bridgehead atoms. The average molecular weight is 554 g/mol. The minimum absolute atomic E-state index is 0.0361. The first-order chi connectivity index (χ1) is 20.0. The first-order valence-corrected chi connectivity index (χ1v) is 14.9. The lowest BCUT2D eigenvalue weighted by molar-refractivity contribution is 0.0482. The van der Waals surface area contributed by atoms with Gasteiger partial charge in [0, 0.05) is 55.8 Å². The molecule has 41 heavy (non-hydrogen) atoms. The summed E-state index contributed by atoms with van der Waals surface area (Å²) >= 11 is 0. The van der Waals surface area contributed by atoms with Crippen molar-refractivity contribution in [2.75, 3.05) is 38.6 Å². The molecule has 9 heteroatoms. The maximum Gasteiger partial charge on any atom is 0.254 e. The maximum absolute atomic E-state index is 14.4. The van der Waals surface area contributed by atoms with Crippen molar-refractivity contribution >= 4 is 11.9 Å². The number of likely N-dealkylation sites (tertiary alicyclic amines) is 1. The lowest BCUT2D eigenvalue weighted by Crippen LogP contribution is -2.54. The number of anilines is 1. The molecular formula is C32H39N7O2. The van der Waals surface area contributed by atoms with E-state index in [2.05, 4.69) is 43.0 Å². The Balaban J connectivity index is 1.42. The molecule has 1 unspecified atom stereocenters. The van der Waals surface area contributed by atoms with Crippen molar-refractivity contribution in [3.63, 3.8) is 0 Å². The van der Waals surface area contributed by atoms with Crippen molar-refractivity contribution in [1.29, 1.82) is 5.26 Å². The molecule has 1 amide bonds. The van der Waals surface area contributed by atoms with Crippen molar-refractivity contribution < 1.29 is 9.53 Å². The van der Waals surface area contributed by atoms with Crippen LogP contribution >= 0.6 is 0 Å². The molecule has 2 fully saturated rings. The second-order valence-electron chi connectivity index (χ2n) is 11.7. The predicted octanol–water partition coefficient (Wildman–Crippen LogP) is 4.87. The van der Waals surface area contributed by atoms with Gasteiger partial charge in [0.15, 0.2) is 0 Å². The van der Waals surface area contributed by atoms with Crippen LogP contribution < -0.4 is 10.1 Å². The SMILES string of the molecule is CCOc1cc(C(C)N2CC3(CCC3)c3c(CN4CCCC4)cc(Cn4ccnc4NC)cc3C2=O)ncc1C#N. The van der Waals surface area contributed by atoms with E-state index in [9.17, 15) is 10.1 Å². The number of amides is 1. The Morgan fingerprint density at radius 2 is 1.95 bits per heavy atom. The van der Waals surface area contributed by atoms with Crippen LogP contribution in [0.3, 0.4) is 0 Å². The van der Waals surface area contributed by atoms with Gasteiger partial charge in [-0.05, 0) is 75.4 Å². The van der Waals surface area contributed by atoms with Gasteiger partial charge in [-0.15, -0.1) is 0 Å². The quantitative estimate of drug-likeness (QED) is 0.403. The van der Waals surface area contributed by atoms with Gasteiger partial charge in [-0.25, -0.2) is 4.98 Å². The zero-order valence-corrected chi connectivity index (χ0v) is 24.3. The summed E-state index contributed by atoms with van der Waals surface area (Å²) in [6.45, 7) is 8.83. The van der Waals surface area contributed by atoms with Crippen LogP contribution in [0.4, 0.5) is 5.95 Å². The number of hydrogen-bond acceptors (Lipinski definition) is 7. The number of ether oxygens (including phenoxy) is 1. The number of nitrogens with one attached hydrogen (secondary N) is 1. The lowest BCUT2D eigenvalue weighted by Gasteiger charge is -2.52. The molecule has 6 rings (SSSR count). The van der Waals surface area contributed by atoms with E-state index in [1.54, 1.807) is 12.4 Å². The van der Waals surface area contributed by atoms with E-state index in [-0.39, 0.29) is 17.4 Å². The van der Waals surface area contributed by atoms with Gasteiger partial charge in [0.2, 0.25) is 5.95 Å². The highest BCUT2D eigenvalue weighted by Crippen LogP contribution is 2.51. The summed E-state index contributed by atoms with van der Waals surface area (Å²) in [5.41, 5.74) is 5.63. The second kappa shape index (κ2) is 11.2.